The molecule has 0 amide bonds. The smallest absolute Gasteiger partial charge is 0.187 e. The van der Waals surface area contributed by atoms with Gasteiger partial charge in [-0.05, 0) is 154 Å². The summed E-state index contributed by atoms with van der Waals surface area (Å²) >= 11 is 0. The minimum atomic E-state index is 0.447. The Hall–Kier alpha value is -10.8. The maximum Gasteiger partial charge on any atom is 0.187 e. The molecule has 8 nitrogen and oxygen atoms in total. The summed E-state index contributed by atoms with van der Waals surface area (Å²) in [4.78, 5) is 12.6. The Bertz CT molecular complexity index is 4250. The molecule has 12 rings (SSSR count). The van der Waals surface area contributed by atoms with E-state index in [1.165, 1.54) is 0 Å². The zero-order valence-corrected chi connectivity index (χ0v) is 38.2. The lowest BCUT2D eigenvalue weighted by molar-refractivity contribution is 1.13. The number of aromatic nitrogens is 3. The van der Waals surface area contributed by atoms with Crippen molar-refractivity contribution in [1.29, 1.82) is 15.8 Å². The number of benzene rings is 9. The molecule has 0 fully saturated rings. The van der Waals surface area contributed by atoms with Crippen molar-refractivity contribution in [2.24, 2.45) is 0 Å². The average Bonchev–Trinajstić information content (AvgIpc) is 3.96. The summed E-state index contributed by atoms with van der Waals surface area (Å²) in [7, 11) is 0. The second-order valence-electron chi connectivity index (χ2n) is 17.5. The Balaban J connectivity index is 1.12. The van der Waals surface area contributed by atoms with Gasteiger partial charge in [0.1, 0.15) is 0 Å². The molecule has 12 aromatic rings. The summed E-state index contributed by atoms with van der Waals surface area (Å²) in [6.45, 7) is 15.4. The van der Waals surface area contributed by atoms with Crippen molar-refractivity contribution in [2.75, 3.05) is 0 Å². The first-order valence-electron chi connectivity index (χ1n) is 23.1. The molecule has 72 heavy (non-hydrogen) atoms. The summed E-state index contributed by atoms with van der Waals surface area (Å²) in [6, 6.07) is 72.8. The molecule has 0 N–H and O–H groups in total. The van der Waals surface area contributed by atoms with Crippen LogP contribution >= 0.6 is 0 Å². The predicted octanol–water partition coefficient (Wildman–Crippen LogP) is 16.3. The van der Waals surface area contributed by atoms with Crippen LogP contribution in [0.5, 0.6) is 0 Å². The SMILES string of the molecule is [C-]#[N+]c1cccc(-c2ccc3c(c2)c2cc(-c4cccc([N+]#[C-])c4)ccc2n3-c2cccc(C#N)c2-c2ncccc2-n2c3ccc(-c4cccc(C#N)c4)cc3c3cc(-c4cccc(C#N)c4)ccc32)c1. The van der Waals surface area contributed by atoms with Gasteiger partial charge in [-0.25, -0.2) is 9.69 Å². The summed E-state index contributed by atoms with van der Waals surface area (Å²) < 4.78 is 4.43. The molecule has 0 saturated carbocycles. The van der Waals surface area contributed by atoms with E-state index < -0.39 is 0 Å². The van der Waals surface area contributed by atoms with Crippen molar-refractivity contribution in [2.45, 2.75) is 0 Å². The van der Waals surface area contributed by atoms with Crippen molar-refractivity contribution in [3.8, 4) is 85.3 Å². The van der Waals surface area contributed by atoms with Crippen LogP contribution in [0.2, 0.25) is 0 Å². The number of hydrogen-bond acceptors (Lipinski definition) is 4. The Kier molecular flexibility index (Phi) is 10.3. The molecule has 0 unspecified atom stereocenters. The zero-order valence-electron chi connectivity index (χ0n) is 38.2. The zero-order chi connectivity index (χ0) is 48.9. The van der Waals surface area contributed by atoms with Crippen molar-refractivity contribution >= 4 is 55.0 Å². The molecular weight excluding hydrogens is 881 g/mol. The van der Waals surface area contributed by atoms with Crippen molar-refractivity contribution < 1.29 is 0 Å². The van der Waals surface area contributed by atoms with Crippen LogP contribution < -0.4 is 0 Å². The van der Waals surface area contributed by atoms with E-state index in [2.05, 4.69) is 110 Å². The highest BCUT2D eigenvalue weighted by Gasteiger charge is 2.24. The van der Waals surface area contributed by atoms with E-state index in [1.54, 1.807) is 18.3 Å². The van der Waals surface area contributed by atoms with Gasteiger partial charge in [-0.3, -0.25) is 4.98 Å². The Labute approximate surface area is 414 Å². The normalized spacial score (nSPS) is 11.0. The molecular formula is C64H34N8. The molecule has 0 aliphatic carbocycles. The van der Waals surface area contributed by atoms with Gasteiger partial charge in [-0.15, -0.1) is 0 Å². The van der Waals surface area contributed by atoms with E-state index in [1.807, 2.05) is 115 Å². The van der Waals surface area contributed by atoms with Gasteiger partial charge in [-0.2, -0.15) is 15.8 Å². The minimum Gasteiger partial charge on any atom is -0.309 e. The molecule has 0 aliphatic heterocycles. The lowest BCUT2D eigenvalue weighted by atomic mass is 9.99. The topological polar surface area (TPSA) is 103 Å². The van der Waals surface area contributed by atoms with Crippen LogP contribution in [0.15, 0.2) is 206 Å². The van der Waals surface area contributed by atoms with E-state index in [4.69, 9.17) is 18.1 Å². The van der Waals surface area contributed by atoms with Crippen LogP contribution in [0.25, 0.3) is 120 Å². The highest BCUT2D eigenvalue weighted by atomic mass is 15.0. The van der Waals surface area contributed by atoms with E-state index in [9.17, 15) is 15.8 Å². The highest BCUT2D eigenvalue weighted by molar-refractivity contribution is 6.14. The van der Waals surface area contributed by atoms with Crippen molar-refractivity contribution in [1.82, 2.24) is 14.1 Å². The van der Waals surface area contributed by atoms with Crippen LogP contribution in [-0.4, -0.2) is 14.1 Å². The maximum atomic E-state index is 11.1. The molecule has 8 heteroatoms. The Morgan fingerprint density at radius 3 is 1.19 bits per heavy atom. The molecule has 0 saturated heterocycles. The number of nitrogens with zero attached hydrogens (tertiary/aromatic N) is 8. The van der Waals surface area contributed by atoms with Crippen LogP contribution in [0.1, 0.15) is 16.7 Å². The van der Waals surface area contributed by atoms with Crippen LogP contribution in [0.4, 0.5) is 11.4 Å². The van der Waals surface area contributed by atoms with Gasteiger partial charge in [0.05, 0.1) is 87.2 Å². The third kappa shape index (κ3) is 7.08. The van der Waals surface area contributed by atoms with Crippen LogP contribution in [-0.2, 0) is 0 Å². The first-order chi connectivity index (χ1) is 35.4. The van der Waals surface area contributed by atoms with Crippen molar-refractivity contribution in [3.63, 3.8) is 0 Å². The fraction of sp³-hybridized carbons (Fsp3) is 0. The summed E-state index contributed by atoms with van der Waals surface area (Å²) in [5.41, 5.74) is 16.7. The predicted molar refractivity (Wildman–Crippen MR) is 287 cm³/mol. The summed E-state index contributed by atoms with van der Waals surface area (Å²) in [5, 5.41) is 34.6. The summed E-state index contributed by atoms with van der Waals surface area (Å²) in [6.07, 6.45) is 1.77. The molecule has 0 spiro atoms. The second kappa shape index (κ2) is 17.4. The molecule has 0 radical (unpaired) electrons. The number of hydrogen-bond donors (Lipinski definition) is 0. The highest BCUT2D eigenvalue weighted by Crippen LogP contribution is 2.44. The van der Waals surface area contributed by atoms with Gasteiger partial charge in [0.25, 0.3) is 0 Å². The third-order valence-electron chi connectivity index (χ3n) is 13.5. The van der Waals surface area contributed by atoms with Crippen molar-refractivity contribution in [3.05, 3.63) is 246 Å². The number of pyridine rings is 1. The monoisotopic (exact) mass is 914 g/mol. The fourth-order valence-electron chi connectivity index (χ4n) is 10.2. The summed E-state index contributed by atoms with van der Waals surface area (Å²) in [5.74, 6) is 0. The number of fused-ring (bicyclic) bond motifs is 6. The molecule has 0 atom stereocenters. The van der Waals surface area contributed by atoms with Gasteiger partial charge in [0.2, 0.25) is 0 Å². The first kappa shape index (κ1) is 42.5. The quantitative estimate of drug-likeness (QED) is 0.149. The van der Waals surface area contributed by atoms with Crippen LogP contribution in [0, 0.1) is 47.1 Å². The fourth-order valence-corrected chi connectivity index (χ4v) is 10.2. The molecule has 9 aromatic carbocycles. The minimum absolute atomic E-state index is 0.447. The van der Waals surface area contributed by atoms with Gasteiger partial charge in [-0.1, -0.05) is 91.0 Å². The largest absolute Gasteiger partial charge is 0.309 e. The second-order valence-corrected chi connectivity index (χ2v) is 17.5. The lowest BCUT2D eigenvalue weighted by Crippen LogP contribution is -2.04. The molecule has 0 aliphatic rings. The van der Waals surface area contributed by atoms with E-state index >= 15 is 0 Å². The van der Waals surface area contributed by atoms with Gasteiger partial charge in [0.15, 0.2) is 11.4 Å². The molecule has 3 heterocycles. The number of rotatable bonds is 7. The third-order valence-corrected chi connectivity index (χ3v) is 13.5. The van der Waals surface area contributed by atoms with Gasteiger partial charge >= 0.3 is 0 Å². The van der Waals surface area contributed by atoms with E-state index in [0.29, 0.717) is 39.3 Å². The Morgan fingerprint density at radius 1 is 0.375 bits per heavy atom. The molecule has 3 aromatic heterocycles. The first-order valence-corrected chi connectivity index (χ1v) is 23.1. The molecule has 330 valence electrons. The Morgan fingerprint density at radius 2 is 0.764 bits per heavy atom. The van der Waals surface area contributed by atoms with E-state index in [0.717, 1.165) is 99.5 Å². The van der Waals surface area contributed by atoms with Gasteiger partial charge in [0, 0.05) is 33.3 Å². The lowest BCUT2D eigenvalue weighted by Gasteiger charge is -2.19. The average molecular weight is 915 g/mol. The maximum absolute atomic E-state index is 11.1. The standard InChI is InChI=1S/C64H34N8/c1-68-51-16-5-13-44(31-51)48-22-24-57-53(35-48)54-36-49(45-14-6-17-52(32-45)69-2)23-25-58(54)71(57)61-18-7-15-50(39-67)63(61)64-62(19-8-28-70-64)72-59-26-20-46(42-11-3-9-40(29-42)37-65)33-55(59)56-34-47(21-27-60(56)72)43-12-4-10-41(30-43)38-66/h3-36H. The molecule has 0 bridgehead atoms. The number of nitriles is 3. The van der Waals surface area contributed by atoms with E-state index in [-0.39, 0.29) is 0 Å². The van der Waals surface area contributed by atoms with Crippen LogP contribution in [0.3, 0.4) is 0 Å². The van der Waals surface area contributed by atoms with Gasteiger partial charge < -0.3 is 9.13 Å².